The Hall–Kier alpha value is -6.32. The maximum absolute atomic E-state index is 17.6. The number of nitrogens with zero attached hydrogens (tertiary/aromatic N) is 7. The summed E-state index contributed by atoms with van der Waals surface area (Å²) in [4.78, 5) is 25.0. The molecule has 0 saturated carbocycles. The summed E-state index contributed by atoms with van der Waals surface area (Å²) in [6.07, 6.45) is 3.57. The smallest absolute Gasteiger partial charge is 0.319 e. The molecule has 6 heterocycles. The molecule has 0 spiro atoms. The Morgan fingerprint density at radius 2 is 1.61 bits per heavy atom. The van der Waals surface area contributed by atoms with Crippen molar-refractivity contribution < 1.29 is 32.5 Å². The highest BCUT2D eigenvalue weighted by molar-refractivity contribution is 5.97. The zero-order chi connectivity index (χ0) is 42.9. The molecule has 0 radical (unpaired) electrons. The van der Waals surface area contributed by atoms with Gasteiger partial charge < -0.3 is 39.2 Å². The summed E-state index contributed by atoms with van der Waals surface area (Å²) in [5.74, 6) is 0.792. The van der Waals surface area contributed by atoms with Crippen LogP contribution in [0.1, 0.15) is 48.1 Å². The fourth-order valence-electron chi connectivity index (χ4n) is 8.91. The number of nitrogen functional groups attached to an aromatic ring is 1. The normalized spacial score (nSPS) is 17.9. The number of pyridine rings is 2. The van der Waals surface area contributed by atoms with E-state index in [0.717, 1.165) is 36.1 Å². The lowest BCUT2D eigenvalue weighted by atomic mass is 10.0. The number of aromatic nitrogens is 4. The Kier molecular flexibility index (Phi) is 11.6. The number of fused-ring (bicyclic) bond motifs is 1. The van der Waals surface area contributed by atoms with Gasteiger partial charge in [0.2, 0.25) is 5.88 Å². The van der Waals surface area contributed by atoms with Gasteiger partial charge in [0.25, 0.3) is 0 Å². The molecule has 0 amide bonds. The van der Waals surface area contributed by atoms with Crippen LogP contribution in [0.3, 0.4) is 0 Å². The molecular weight excluding hydrogens is 795 g/mol. The number of morpholine rings is 1. The van der Waals surface area contributed by atoms with Crippen LogP contribution in [0, 0.1) is 18.6 Å². The molecule has 322 valence electrons. The fourth-order valence-corrected chi connectivity index (χ4v) is 8.91. The maximum atomic E-state index is 17.6. The lowest BCUT2D eigenvalue weighted by Gasteiger charge is -2.33. The largest absolute Gasteiger partial charge is 0.497 e. The lowest BCUT2D eigenvalue weighted by molar-refractivity contribution is -0.0101. The molecule has 0 unspecified atom stereocenters. The molecule has 3 aromatic heterocycles. The Labute approximate surface area is 359 Å². The van der Waals surface area contributed by atoms with Crippen molar-refractivity contribution in [2.45, 2.75) is 57.9 Å². The number of ether oxygens (including phenoxy) is 5. The quantitative estimate of drug-likeness (QED) is 0.122. The topological polar surface area (TPSA) is 133 Å². The number of hydrogen-bond acceptors (Lipinski definition) is 13. The minimum Gasteiger partial charge on any atom is -0.497 e. The van der Waals surface area contributed by atoms with E-state index in [1.165, 1.54) is 0 Å². The summed E-state index contributed by atoms with van der Waals surface area (Å²) in [5.41, 5.74) is 9.63. The number of anilines is 3. The van der Waals surface area contributed by atoms with Crippen molar-refractivity contribution in [2.75, 3.05) is 69.3 Å². The standard InChI is InChI=1S/C47H50F2N8O5/c1-28-22-37(40(48)38(23-28)55(24-30-7-13-34(58-3)14-8-30)25-31-9-15-35(59-4)16-10-31)42-41(49)43-39-45(54-47(53-43)62-27-33-12-11-32-26-60-20-18-57(32)33)56(19-21-61-46(39)52-42)29(2)36-6-5-17-51-44(36)50/h5-10,13-17,22-23,29,32-33H,11-12,18-21,24-27H2,1-4H3,(H2,50,51)/t29-,32+,33+/m1/s1. The molecule has 3 atom stereocenters. The highest BCUT2D eigenvalue weighted by Crippen LogP contribution is 2.44. The first-order valence-electron chi connectivity index (χ1n) is 21.0. The summed E-state index contributed by atoms with van der Waals surface area (Å²) in [7, 11) is 3.23. The monoisotopic (exact) mass is 844 g/mol. The van der Waals surface area contributed by atoms with Crippen molar-refractivity contribution in [3.63, 3.8) is 0 Å². The van der Waals surface area contributed by atoms with Gasteiger partial charge in [-0.2, -0.15) is 9.97 Å². The summed E-state index contributed by atoms with van der Waals surface area (Å²) in [6.45, 7) is 7.52. The first kappa shape index (κ1) is 41.1. The second kappa shape index (κ2) is 17.6. The van der Waals surface area contributed by atoms with Crippen molar-refractivity contribution in [1.29, 1.82) is 0 Å². The van der Waals surface area contributed by atoms with Crippen LogP contribution in [0.4, 0.5) is 26.1 Å². The van der Waals surface area contributed by atoms with Crippen molar-refractivity contribution in [3.05, 3.63) is 113 Å². The van der Waals surface area contributed by atoms with Gasteiger partial charge in [0.05, 0.1) is 45.7 Å². The third-order valence-corrected chi connectivity index (χ3v) is 12.2. The number of aryl methyl sites for hydroxylation is 1. The summed E-state index contributed by atoms with van der Waals surface area (Å²) in [6, 6.07) is 22.5. The average molecular weight is 845 g/mol. The van der Waals surface area contributed by atoms with Gasteiger partial charge in [-0.05, 0) is 85.8 Å². The second-order valence-electron chi connectivity index (χ2n) is 16.0. The molecule has 2 fully saturated rings. The van der Waals surface area contributed by atoms with E-state index in [4.69, 9.17) is 44.4 Å². The van der Waals surface area contributed by atoms with Crippen LogP contribution >= 0.6 is 0 Å². The summed E-state index contributed by atoms with van der Waals surface area (Å²) >= 11 is 0. The van der Waals surface area contributed by atoms with Crippen LogP contribution in [0.15, 0.2) is 79.0 Å². The molecule has 9 rings (SSSR count). The number of methoxy groups -OCH3 is 2. The predicted octanol–water partition coefficient (Wildman–Crippen LogP) is 7.68. The second-order valence-corrected chi connectivity index (χ2v) is 16.0. The molecule has 0 bridgehead atoms. The molecule has 0 aliphatic carbocycles. The van der Waals surface area contributed by atoms with Crippen LogP contribution in [-0.2, 0) is 17.8 Å². The average Bonchev–Trinajstić information content (AvgIpc) is 3.62. The van der Waals surface area contributed by atoms with Gasteiger partial charge in [-0.3, -0.25) is 4.90 Å². The highest BCUT2D eigenvalue weighted by atomic mass is 19.1. The molecule has 6 aromatic rings. The molecule has 13 nitrogen and oxygen atoms in total. The van der Waals surface area contributed by atoms with E-state index >= 15 is 8.78 Å². The van der Waals surface area contributed by atoms with Crippen molar-refractivity contribution in [1.82, 2.24) is 24.8 Å². The van der Waals surface area contributed by atoms with Crippen molar-refractivity contribution in [2.24, 2.45) is 0 Å². The van der Waals surface area contributed by atoms with Crippen molar-refractivity contribution >= 4 is 28.2 Å². The maximum Gasteiger partial charge on any atom is 0.319 e. The van der Waals surface area contributed by atoms with E-state index in [-0.39, 0.29) is 58.4 Å². The van der Waals surface area contributed by atoms with E-state index in [9.17, 15) is 0 Å². The number of hydrogen-bond donors (Lipinski definition) is 1. The highest BCUT2D eigenvalue weighted by Gasteiger charge is 2.37. The predicted molar refractivity (Wildman–Crippen MR) is 233 cm³/mol. The molecule has 3 aliphatic heterocycles. The van der Waals surface area contributed by atoms with Gasteiger partial charge >= 0.3 is 6.01 Å². The van der Waals surface area contributed by atoms with E-state index < -0.39 is 11.6 Å². The third kappa shape index (κ3) is 8.09. The molecule has 3 aliphatic rings. The Bertz CT molecular complexity index is 2520. The molecule has 3 aromatic carbocycles. The summed E-state index contributed by atoms with van der Waals surface area (Å²) in [5, 5.41) is 0.258. The van der Waals surface area contributed by atoms with E-state index in [1.807, 2.05) is 84.3 Å². The van der Waals surface area contributed by atoms with Crippen LogP contribution in [0.5, 0.6) is 23.4 Å². The van der Waals surface area contributed by atoms with E-state index in [1.54, 1.807) is 32.5 Å². The molecule has 62 heavy (non-hydrogen) atoms. The van der Waals surface area contributed by atoms with Crippen LogP contribution in [-0.4, -0.2) is 90.7 Å². The minimum absolute atomic E-state index is 0.0000274. The fraction of sp³-hybridized carbons (Fsp3) is 0.362. The van der Waals surface area contributed by atoms with Crippen LogP contribution in [0.2, 0.25) is 0 Å². The Morgan fingerprint density at radius 3 is 2.31 bits per heavy atom. The molecular formula is C47H50F2N8O5. The molecule has 15 heteroatoms. The van der Waals surface area contributed by atoms with Gasteiger partial charge in [0.1, 0.15) is 52.9 Å². The zero-order valence-corrected chi connectivity index (χ0v) is 35.3. The summed E-state index contributed by atoms with van der Waals surface area (Å²) < 4.78 is 64.3. The third-order valence-electron chi connectivity index (χ3n) is 12.2. The number of nitrogens with two attached hydrogens (primary N) is 1. The molecule has 2 saturated heterocycles. The Morgan fingerprint density at radius 1 is 0.887 bits per heavy atom. The SMILES string of the molecule is COc1ccc(CN(Cc2ccc(OC)cc2)c2cc(C)cc(-c3nc4c5c(nc(OC[C@@H]6CC[C@H]7COCCN76)nc5c3F)N([C@H](C)c3cccnc3N)CCO4)c2F)cc1. The van der Waals surface area contributed by atoms with E-state index in [0.29, 0.717) is 74.2 Å². The van der Waals surface area contributed by atoms with Gasteiger partial charge in [-0.1, -0.05) is 30.3 Å². The van der Waals surface area contributed by atoms with Crippen molar-refractivity contribution in [3.8, 4) is 34.6 Å². The molecule has 2 N–H and O–H groups in total. The van der Waals surface area contributed by atoms with Gasteiger partial charge in [-0.25, -0.2) is 18.7 Å². The van der Waals surface area contributed by atoms with Gasteiger partial charge in [-0.15, -0.1) is 0 Å². The first-order valence-corrected chi connectivity index (χ1v) is 21.0. The Balaban J connectivity index is 1.15. The number of benzene rings is 3. The zero-order valence-electron chi connectivity index (χ0n) is 35.3. The van der Waals surface area contributed by atoms with E-state index in [2.05, 4.69) is 9.88 Å². The minimum atomic E-state index is -0.822. The van der Waals surface area contributed by atoms with Gasteiger partial charge in [0, 0.05) is 49.0 Å². The lowest BCUT2D eigenvalue weighted by Crippen LogP contribution is -2.46. The number of halogens is 2. The number of rotatable bonds is 13. The van der Waals surface area contributed by atoms with Crippen LogP contribution in [0.25, 0.3) is 22.2 Å². The van der Waals surface area contributed by atoms with Gasteiger partial charge in [0.15, 0.2) is 11.6 Å². The van der Waals surface area contributed by atoms with Crippen LogP contribution < -0.4 is 34.5 Å². The first-order chi connectivity index (χ1) is 30.2.